The first-order valence-corrected chi connectivity index (χ1v) is 4.92. The smallest absolute Gasteiger partial charge is 0.0229 e. The van der Waals surface area contributed by atoms with Crippen molar-refractivity contribution in [2.75, 3.05) is 0 Å². The van der Waals surface area contributed by atoms with E-state index < -0.39 is 0 Å². The van der Waals surface area contributed by atoms with Crippen molar-refractivity contribution in [1.29, 1.82) is 0 Å². The molecule has 0 aromatic carbocycles. The van der Waals surface area contributed by atoms with Crippen LogP contribution in [0.15, 0.2) is 34.9 Å². The summed E-state index contributed by atoms with van der Waals surface area (Å²) >= 11 is 0. The predicted octanol–water partition coefficient (Wildman–Crippen LogP) is 4.21. The van der Waals surface area contributed by atoms with Gasteiger partial charge in [-0.3, -0.25) is 0 Å². The molecule has 1 aliphatic rings. The van der Waals surface area contributed by atoms with E-state index in [-0.39, 0.29) is 0 Å². The van der Waals surface area contributed by atoms with Crippen LogP contribution in [0.2, 0.25) is 0 Å². The first-order chi connectivity index (χ1) is 6.09. The summed E-state index contributed by atoms with van der Waals surface area (Å²) in [5.74, 6) is 1.48. The minimum atomic E-state index is 1.09. The van der Waals surface area contributed by atoms with Gasteiger partial charge in [0.05, 0.1) is 0 Å². The van der Waals surface area contributed by atoms with Crippen LogP contribution in [0.25, 0.3) is 0 Å². The second-order valence-corrected chi connectivity index (χ2v) is 3.81. The summed E-state index contributed by atoms with van der Waals surface area (Å²) in [6.07, 6.45) is 4.23. The Bertz CT molecular complexity index is 276. The van der Waals surface area contributed by atoms with Crippen molar-refractivity contribution in [3.63, 3.8) is 0 Å². The Labute approximate surface area is 82.0 Å². The Kier molecular flexibility index (Phi) is 3.13. The Morgan fingerprint density at radius 1 is 1.00 bits per heavy atom. The zero-order valence-corrected chi connectivity index (χ0v) is 9.20. The van der Waals surface area contributed by atoms with E-state index in [1.54, 1.807) is 0 Å². The molecule has 0 fully saturated rings. The van der Waals surface area contributed by atoms with Crippen LogP contribution >= 0.6 is 0 Å². The molecule has 71 valence electrons. The molecule has 0 saturated heterocycles. The van der Waals surface area contributed by atoms with Gasteiger partial charge in [0, 0.05) is 5.92 Å². The van der Waals surface area contributed by atoms with Gasteiger partial charge >= 0.3 is 0 Å². The molecule has 0 aliphatic heterocycles. The van der Waals surface area contributed by atoms with E-state index >= 15 is 0 Å². The number of allylic oxidation sites excluding steroid dienone is 5. The van der Waals surface area contributed by atoms with Crippen LogP contribution in [-0.2, 0) is 0 Å². The average molecular weight is 175 g/mol. The molecule has 0 aromatic heterocycles. The standard InChI is InChI=1S/C13H19/c1-6-7-8-13-11(4)9(2)10(3)12(13)5/h6H,1,7-8H2,2-5H3. The third kappa shape index (κ3) is 1.77. The van der Waals surface area contributed by atoms with Gasteiger partial charge in [0.25, 0.3) is 0 Å². The summed E-state index contributed by atoms with van der Waals surface area (Å²) in [7, 11) is 0. The highest BCUT2D eigenvalue weighted by atomic mass is 14.3. The Morgan fingerprint density at radius 3 is 2.00 bits per heavy atom. The maximum absolute atomic E-state index is 3.76. The fourth-order valence-electron chi connectivity index (χ4n) is 1.92. The molecule has 1 aliphatic carbocycles. The molecule has 0 atom stereocenters. The largest absolute Gasteiger partial charge is 0.103 e. The molecule has 0 aromatic rings. The van der Waals surface area contributed by atoms with E-state index in [0.29, 0.717) is 0 Å². The van der Waals surface area contributed by atoms with Crippen LogP contribution in [0.3, 0.4) is 0 Å². The van der Waals surface area contributed by atoms with Crippen LogP contribution in [0.5, 0.6) is 0 Å². The first kappa shape index (κ1) is 10.3. The highest BCUT2D eigenvalue weighted by Crippen LogP contribution is 2.40. The van der Waals surface area contributed by atoms with Crippen molar-refractivity contribution < 1.29 is 0 Å². The number of hydrogen-bond acceptors (Lipinski definition) is 0. The summed E-state index contributed by atoms with van der Waals surface area (Å²) in [6, 6.07) is 0. The highest BCUT2D eigenvalue weighted by molar-refractivity contribution is 5.57. The van der Waals surface area contributed by atoms with Crippen LogP contribution in [-0.4, -0.2) is 0 Å². The highest BCUT2D eigenvalue weighted by Gasteiger charge is 2.22. The molecule has 1 rings (SSSR count). The molecule has 0 amide bonds. The normalized spacial score (nSPS) is 18.8. The zero-order chi connectivity index (χ0) is 10.0. The molecule has 13 heavy (non-hydrogen) atoms. The van der Waals surface area contributed by atoms with Gasteiger partial charge in [-0.2, -0.15) is 0 Å². The summed E-state index contributed by atoms with van der Waals surface area (Å²) < 4.78 is 0. The van der Waals surface area contributed by atoms with Crippen LogP contribution in [0, 0.1) is 5.92 Å². The van der Waals surface area contributed by atoms with Gasteiger partial charge in [-0.25, -0.2) is 0 Å². The van der Waals surface area contributed by atoms with Gasteiger partial charge in [0.1, 0.15) is 0 Å². The first-order valence-electron chi connectivity index (χ1n) is 4.92. The van der Waals surface area contributed by atoms with Crippen molar-refractivity contribution in [3.8, 4) is 0 Å². The molecular weight excluding hydrogens is 156 g/mol. The van der Waals surface area contributed by atoms with E-state index in [9.17, 15) is 0 Å². The van der Waals surface area contributed by atoms with E-state index in [2.05, 4.69) is 34.3 Å². The summed E-state index contributed by atoms with van der Waals surface area (Å²) in [4.78, 5) is 0. The molecule has 0 spiro atoms. The van der Waals surface area contributed by atoms with Crippen molar-refractivity contribution >= 4 is 0 Å². The molecule has 1 radical (unpaired) electrons. The maximum atomic E-state index is 3.76. The Hall–Kier alpha value is -0.780. The fraction of sp³-hybridized carbons (Fsp3) is 0.462. The van der Waals surface area contributed by atoms with Gasteiger partial charge in [-0.15, -0.1) is 6.58 Å². The lowest BCUT2D eigenvalue weighted by atomic mass is 9.94. The average Bonchev–Trinajstić information content (AvgIpc) is 2.30. The third-order valence-corrected chi connectivity index (χ3v) is 3.19. The van der Waals surface area contributed by atoms with Gasteiger partial charge < -0.3 is 0 Å². The molecule has 0 saturated carbocycles. The number of rotatable bonds is 3. The Morgan fingerprint density at radius 2 is 1.62 bits per heavy atom. The molecule has 0 heterocycles. The topological polar surface area (TPSA) is 0 Å². The monoisotopic (exact) mass is 175 g/mol. The molecule has 0 N–H and O–H groups in total. The second-order valence-electron chi connectivity index (χ2n) is 3.81. The van der Waals surface area contributed by atoms with E-state index in [1.165, 1.54) is 28.2 Å². The third-order valence-electron chi connectivity index (χ3n) is 3.19. The van der Waals surface area contributed by atoms with Gasteiger partial charge in [-0.1, -0.05) is 24.1 Å². The minimum absolute atomic E-state index is 1.09. The predicted molar refractivity (Wildman–Crippen MR) is 59.4 cm³/mol. The maximum Gasteiger partial charge on any atom is 0.0229 e. The SMILES string of the molecule is C=CCCC1=C(C)C(C)=C(C)[C]1C. The van der Waals surface area contributed by atoms with Crippen LogP contribution in [0.1, 0.15) is 40.5 Å². The van der Waals surface area contributed by atoms with Crippen molar-refractivity contribution in [2.24, 2.45) is 0 Å². The summed E-state index contributed by atoms with van der Waals surface area (Å²) in [5.41, 5.74) is 5.96. The lowest BCUT2D eigenvalue weighted by Crippen LogP contribution is -1.94. The fourth-order valence-corrected chi connectivity index (χ4v) is 1.92. The molecule has 0 unspecified atom stereocenters. The van der Waals surface area contributed by atoms with E-state index in [0.717, 1.165) is 12.8 Å². The summed E-state index contributed by atoms with van der Waals surface area (Å²) in [6.45, 7) is 12.7. The van der Waals surface area contributed by atoms with E-state index in [4.69, 9.17) is 0 Å². The van der Waals surface area contributed by atoms with Gasteiger partial charge in [0.15, 0.2) is 0 Å². The molecule has 0 bridgehead atoms. The van der Waals surface area contributed by atoms with Gasteiger partial charge in [-0.05, 0) is 44.8 Å². The zero-order valence-electron chi connectivity index (χ0n) is 9.20. The minimum Gasteiger partial charge on any atom is -0.103 e. The summed E-state index contributed by atoms with van der Waals surface area (Å²) in [5, 5.41) is 0. The van der Waals surface area contributed by atoms with E-state index in [1.807, 2.05) is 6.08 Å². The number of hydrogen-bond donors (Lipinski definition) is 0. The lowest BCUT2D eigenvalue weighted by Gasteiger charge is -2.10. The Balaban J connectivity index is 2.83. The lowest BCUT2D eigenvalue weighted by molar-refractivity contribution is 0.939. The molecular formula is C13H19. The van der Waals surface area contributed by atoms with Crippen molar-refractivity contribution in [1.82, 2.24) is 0 Å². The van der Waals surface area contributed by atoms with Gasteiger partial charge in [0.2, 0.25) is 0 Å². The molecule has 0 nitrogen and oxygen atoms in total. The van der Waals surface area contributed by atoms with Crippen LogP contribution < -0.4 is 0 Å². The van der Waals surface area contributed by atoms with Crippen LogP contribution in [0.4, 0.5) is 0 Å². The quantitative estimate of drug-likeness (QED) is 0.563. The second kappa shape index (κ2) is 3.95. The van der Waals surface area contributed by atoms with Crippen molar-refractivity contribution in [2.45, 2.75) is 40.5 Å². The molecule has 0 heteroatoms. The van der Waals surface area contributed by atoms with Crippen molar-refractivity contribution in [3.05, 3.63) is 40.9 Å².